The summed E-state index contributed by atoms with van der Waals surface area (Å²) in [5.74, 6) is -0.871. The molecule has 0 bridgehead atoms. The lowest BCUT2D eigenvalue weighted by Gasteiger charge is -2.27. The third-order valence-corrected chi connectivity index (χ3v) is 6.76. The van der Waals surface area contributed by atoms with Crippen LogP contribution in [-0.4, -0.2) is 54.3 Å². The number of ether oxygens (including phenoxy) is 1. The molecule has 2 aromatic carbocycles. The van der Waals surface area contributed by atoms with Crippen molar-refractivity contribution in [1.29, 1.82) is 0 Å². The quantitative estimate of drug-likeness (QED) is 0.681. The second kappa shape index (κ2) is 8.19. The molecule has 0 aromatic heterocycles. The molecule has 156 valence electrons. The van der Waals surface area contributed by atoms with Crippen molar-refractivity contribution in [3.8, 4) is 5.75 Å². The van der Waals surface area contributed by atoms with E-state index in [1.54, 1.807) is 0 Å². The highest BCUT2D eigenvalue weighted by atomic mass is 35.5. The zero-order valence-corrected chi connectivity index (χ0v) is 16.9. The molecule has 0 saturated carbocycles. The van der Waals surface area contributed by atoms with Gasteiger partial charge in [-0.2, -0.15) is 4.31 Å². The Bertz CT molecular complexity index is 1180. The maximum absolute atomic E-state index is 13.9. The Morgan fingerprint density at radius 1 is 1.23 bits per heavy atom. The second-order valence-electron chi connectivity index (χ2n) is 6.61. The number of hydrogen-bond donors (Lipinski definition) is 2. The molecule has 1 fully saturated rings. The largest absolute Gasteiger partial charge is 0.486 e. The van der Waals surface area contributed by atoms with Crippen LogP contribution in [0.2, 0.25) is 5.02 Å². The van der Waals surface area contributed by atoms with Crippen molar-refractivity contribution < 1.29 is 27.8 Å². The molecule has 0 unspecified atom stereocenters. The van der Waals surface area contributed by atoms with Crippen molar-refractivity contribution in [2.75, 3.05) is 19.7 Å². The van der Waals surface area contributed by atoms with E-state index < -0.39 is 40.7 Å². The average Bonchev–Trinajstić information content (AvgIpc) is 3.05. The summed E-state index contributed by atoms with van der Waals surface area (Å²) in [4.78, 5) is 5.89. The molecule has 0 spiro atoms. The average molecular weight is 452 g/mol. The molecule has 0 amide bonds. The molecule has 0 aliphatic carbocycles. The van der Waals surface area contributed by atoms with Crippen LogP contribution in [0.1, 0.15) is 0 Å². The Morgan fingerprint density at radius 3 is 2.53 bits per heavy atom. The van der Waals surface area contributed by atoms with Crippen LogP contribution >= 0.6 is 11.6 Å². The van der Waals surface area contributed by atoms with Crippen LogP contribution in [-0.2, 0) is 10.0 Å². The fourth-order valence-corrected chi connectivity index (χ4v) is 4.84. The Morgan fingerprint density at radius 2 is 1.93 bits per heavy atom. The number of benzene rings is 2. The van der Waals surface area contributed by atoms with E-state index >= 15 is 0 Å². The van der Waals surface area contributed by atoms with Gasteiger partial charge in [-0.1, -0.05) is 17.7 Å². The van der Waals surface area contributed by atoms with Gasteiger partial charge in [-0.15, -0.1) is 0 Å². The third kappa shape index (κ3) is 3.97. The minimum absolute atomic E-state index is 0.0376. The standard InChI is InChI=1S/C19H15ClFN3O5S/c1-22-15-5-4-13(8-14(15)21)29-18-9-24(10-19(18,26)11-25)30(27,28)17-6-3-12(20)7-16(17)23-2/h3-8,18,25-26H,9-11H2/t18-,19+/m0/s1. The zero-order chi connectivity index (χ0) is 22.1. The summed E-state index contributed by atoms with van der Waals surface area (Å²) in [5, 5.41) is 20.6. The fraction of sp³-hybridized carbons (Fsp3) is 0.263. The molecule has 11 heteroatoms. The fourth-order valence-electron chi connectivity index (χ4n) is 3.06. The van der Waals surface area contributed by atoms with Gasteiger partial charge in [-0.05, 0) is 24.3 Å². The van der Waals surface area contributed by atoms with Gasteiger partial charge in [-0.25, -0.2) is 22.5 Å². The van der Waals surface area contributed by atoms with Crippen molar-refractivity contribution >= 4 is 33.0 Å². The van der Waals surface area contributed by atoms with Gasteiger partial charge in [0.25, 0.3) is 0 Å². The van der Waals surface area contributed by atoms with Crippen LogP contribution in [0.25, 0.3) is 9.69 Å². The van der Waals surface area contributed by atoms with Crippen molar-refractivity contribution in [1.82, 2.24) is 4.31 Å². The summed E-state index contributed by atoms with van der Waals surface area (Å²) < 4.78 is 46.4. The molecule has 1 heterocycles. The first kappa shape index (κ1) is 22.0. The Kier molecular flexibility index (Phi) is 5.99. The van der Waals surface area contributed by atoms with E-state index in [4.69, 9.17) is 29.5 Å². The number of nitrogens with zero attached hydrogens (tertiary/aromatic N) is 3. The number of aliphatic hydroxyl groups excluding tert-OH is 1. The van der Waals surface area contributed by atoms with E-state index in [1.807, 2.05) is 0 Å². The normalized spacial score (nSPS) is 21.7. The highest BCUT2D eigenvalue weighted by molar-refractivity contribution is 7.89. The lowest BCUT2D eigenvalue weighted by atomic mass is 10.0. The Balaban J connectivity index is 1.92. The summed E-state index contributed by atoms with van der Waals surface area (Å²) in [6, 6.07) is 7.17. The summed E-state index contributed by atoms with van der Waals surface area (Å²) in [5.41, 5.74) is -2.37. The van der Waals surface area contributed by atoms with E-state index in [0.717, 1.165) is 10.4 Å². The first-order valence-electron chi connectivity index (χ1n) is 8.48. The smallest absolute Gasteiger partial charge is 0.233 e. The van der Waals surface area contributed by atoms with Crippen LogP contribution in [0.4, 0.5) is 15.8 Å². The maximum atomic E-state index is 13.9. The summed E-state index contributed by atoms with van der Waals surface area (Å²) in [6.07, 6.45) is -1.22. The number of aliphatic hydroxyl groups is 2. The van der Waals surface area contributed by atoms with Gasteiger partial charge in [0.05, 0.1) is 31.2 Å². The van der Waals surface area contributed by atoms with E-state index in [-0.39, 0.29) is 33.6 Å². The molecule has 8 nitrogen and oxygen atoms in total. The summed E-state index contributed by atoms with van der Waals surface area (Å²) in [6.45, 7) is 12.4. The second-order valence-corrected chi connectivity index (χ2v) is 8.96. The molecule has 1 aliphatic rings. The predicted molar refractivity (Wildman–Crippen MR) is 106 cm³/mol. The molecule has 2 N–H and O–H groups in total. The number of halogens is 2. The third-order valence-electron chi connectivity index (χ3n) is 4.67. The van der Waals surface area contributed by atoms with E-state index in [1.165, 1.54) is 30.3 Å². The molecule has 1 saturated heterocycles. The first-order valence-corrected chi connectivity index (χ1v) is 10.3. The van der Waals surface area contributed by atoms with Crippen LogP contribution < -0.4 is 4.74 Å². The van der Waals surface area contributed by atoms with Gasteiger partial charge in [-0.3, -0.25) is 0 Å². The van der Waals surface area contributed by atoms with Crippen molar-refractivity contribution in [2.45, 2.75) is 16.6 Å². The van der Waals surface area contributed by atoms with Gasteiger partial charge in [0.2, 0.25) is 21.4 Å². The number of rotatable bonds is 5. The molecular formula is C19H15ClFN3O5S. The molecule has 2 aromatic rings. The number of hydrogen-bond acceptors (Lipinski definition) is 5. The minimum atomic E-state index is -4.23. The van der Waals surface area contributed by atoms with Crippen LogP contribution in [0, 0.1) is 19.0 Å². The van der Waals surface area contributed by atoms with Gasteiger partial charge >= 0.3 is 0 Å². The first-order chi connectivity index (χ1) is 14.1. The van der Waals surface area contributed by atoms with Crippen LogP contribution in [0.5, 0.6) is 5.75 Å². The highest BCUT2D eigenvalue weighted by Crippen LogP contribution is 2.35. The highest BCUT2D eigenvalue weighted by Gasteiger charge is 2.51. The zero-order valence-electron chi connectivity index (χ0n) is 15.3. The van der Waals surface area contributed by atoms with Crippen molar-refractivity contribution in [3.05, 3.63) is 70.1 Å². The molecule has 3 rings (SSSR count). The van der Waals surface area contributed by atoms with Gasteiger partial charge in [0.15, 0.2) is 0 Å². The molecule has 0 radical (unpaired) electrons. The van der Waals surface area contributed by atoms with Gasteiger partial charge in [0, 0.05) is 17.6 Å². The van der Waals surface area contributed by atoms with Crippen LogP contribution in [0.15, 0.2) is 41.3 Å². The minimum Gasteiger partial charge on any atom is -0.486 e. The summed E-state index contributed by atoms with van der Waals surface area (Å²) >= 11 is 5.83. The Labute approximate surface area is 177 Å². The SMILES string of the molecule is [C-]#[N+]c1ccc(O[C@H]2CN(S(=O)(=O)c3ccc(Cl)cc3[N+]#[C-])C[C@@]2(O)CO)cc1F. The molecule has 2 atom stereocenters. The van der Waals surface area contributed by atoms with E-state index in [9.17, 15) is 23.0 Å². The van der Waals surface area contributed by atoms with E-state index in [2.05, 4.69) is 9.69 Å². The Hall–Kier alpha value is -2.73. The lowest BCUT2D eigenvalue weighted by molar-refractivity contribution is -0.0641. The van der Waals surface area contributed by atoms with Crippen molar-refractivity contribution in [3.63, 3.8) is 0 Å². The van der Waals surface area contributed by atoms with Crippen molar-refractivity contribution in [2.24, 2.45) is 0 Å². The summed E-state index contributed by atoms with van der Waals surface area (Å²) in [7, 11) is -4.23. The lowest BCUT2D eigenvalue weighted by Crippen LogP contribution is -2.48. The van der Waals surface area contributed by atoms with Crippen LogP contribution in [0.3, 0.4) is 0 Å². The van der Waals surface area contributed by atoms with Gasteiger partial charge < -0.3 is 14.9 Å². The number of sulfonamides is 1. The van der Waals surface area contributed by atoms with E-state index in [0.29, 0.717) is 0 Å². The predicted octanol–water partition coefficient (Wildman–Crippen LogP) is 2.76. The molecule has 30 heavy (non-hydrogen) atoms. The number of β-amino-alcohol motifs (C(OH)–C–C–N with tert-alkyl or cyclic N) is 1. The molecular weight excluding hydrogens is 437 g/mol. The monoisotopic (exact) mass is 451 g/mol. The maximum Gasteiger partial charge on any atom is 0.233 e. The van der Waals surface area contributed by atoms with Gasteiger partial charge in [0.1, 0.15) is 23.3 Å². The topological polar surface area (TPSA) is 95.8 Å². The molecule has 1 aliphatic heterocycles.